The molecule has 0 spiro atoms. The van der Waals surface area contributed by atoms with Crippen molar-refractivity contribution in [1.29, 1.82) is 0 Å². The molecule has 6 nitrogen and oxygen atoms in total. The second-order valence-corrected chi connectivity index (χ2v) is 8.62. The van der Waals surface area contributed by atoms with Crippen LogP contribution in [0, 0.1) is 5.41 Å². The van der Waals surface area contributed by atoms with Gasteiger partial charge in [-0.05, 0) is 44.7 Å². The van der Waals surface area contributed by atoms with Crippen LogP contribution in [0.3, 0.4) is 0 Å². The van der Waals surface area contributed by atoms with E-state index in [2.05, 4.69) is 52.8 Å². The number of carbonyl (C=O) groups excluding carboxylic acids is 1. The van der Waals surface area contributed by atoms with Gasteiger partial charge in [0.1, 0.15) is 0 Å². The number of nitrogens with one attached hydrogen (secondary N) is 2. The van der Waals surface area contributed by atoms with Crippen LogP contribution in [0.15, 0.2) is 35.3 Å². The predicted octanol–water partition coefficient (Wildman–Crippen LogP) is 2.86. The molecule has 3 rings (SSSR count). The molecule has 160 valence electrons. The molecule has 0 radical (unpaired) electrons. The van der Waals surface area contributed by atoms with Gasteiger partial charge < -0.3 is 20.4 Å². The molecule has 0 aromatic heterocycles. The van der Waals surface area contributed by atoms with E-state index in [1.54, 1.807) is 4.90 Å². The van der Waals surface area contributed by atoms with E-state index >= 15 is 0 Å². The minimum Gasteiger partial charge on any atom is -0.371 e. The van der Waals surface area contributed by atoms with Gasteiger partial charge in [0.25, 0.3) is 0 Å². The number of nitrogens with zero attached hydrogens (tertiary/aromatic N) is 3. The molecule has 0 unspecified atom stereocenters. The number of carbonyl (C=O) groups is 1. The Bertz CT molecular complexity index is 674. The lowest BCUT2D eigenvalue weighted by atomic mass is 9.85. The predicted molar refractivity (Wildman–Crippen MR) is 120 cm³/mol. The van der Waals surface area contributed by atoms with Crippen molar-refractivity contribution in [2.24, 2.45) is 10.4 Å². The first-order valence-electron chi connectivity index (χ1n) is 11.1. The summed E-state index contributed by atoms with van der Waals surface area (Å²) in [6.45, 7) is 5.57. The molecule has 0 bridgehead atoms. The summed E-state index contributed by atoms with van der Waals surface area (Å²) in [7, 11) is 3.71. The summed E-state index contributed by atoms with van der Waals surface area (Å²) < 4.78 is 0. The summed E-state index contributed by atoms with van der Waals surface area (Å²) in [5, 5.41) is 7.01. The van der Waals surface area contributed by atoms with E-state index in [0.717, 1.165) is 64.1 Å². The Morgan fingerprint density at radius 3 is 2.41 bits per heavy atom. The molecular weight excluding hydrogens is 362 g/mol. The van der Waals surface area contributed by atoms with Crippen molar-refractivity contribution in [3.63, 3.8) is 0 Å². The molecule has 1 aliphatic heterocycles. The second kappa shape index (κ2) is 9.99. The highest BCUT2D eigenvalue weighted by Gasteiger charge is 2.42. The Labute approximate surface area is 175 Å². The van der Waals surface area contributed by atoms with Gasteiger partial charge in [0.15, 0.2) is 5.96 Å². The largest absolute Gasteiger partial charge is 0.371 e. The summed E-state index contributed by atoms with van der Waals surface area (Å²) in [6.07, 6.45) is 6.31. The number of hydrogen-bond donors (Lipinski definition) is 2. The standard InChI is InChI=1S/C23H37N5O/c1-4-24-22(25-18-23(14-8-9-15-23)21(29)27(2)3)26-19-12-16-28(17-13-19)20-10-6-5-7-11-20/h5-7,10-11,19H,4,8-9,12-18H2,1-3H3,(H2,24,25,26). The minimum atomic E-state index is -0.317. The molecule has 2 aliphatic rings. The first kappa shape index (κ1) is 21.5. The van der Waals surface area contributed by atoms with E-state index in [4.69, 9.17) is 4.99 Å². The molecule has 29 heavy (non-hydrogen) atoms. The van der Waals surface area contributed by atoms with Crippen LogP contribution in [0.1, 0.15) is 45.4 Å². The third kappa shape index (κ3) is 5.43. The molecule has 1 saturated carbocycles. The van der Waals surface area contributed by atoms with Crippen molar-refractivity contribution in [3.05, 3.63) is 30.3 Å². The average molecular weight is 400 g/mol. The highest BCUT2D eigenvalue weighted by molar-refractivity contribution is 5.84. The Balaban J connectivity index is 1.59. The van der Waals surface area contributed by atoms with Crippen molar-refractivity contribution >= 4 is 17.6 Å². The number of piperidine rings is 1. The second-order valence-electron chi connectivity index (χ2n) is 8.62. The normalized spacial score (nSPS) is 19.8. The van der Waals surface area contributed by atoms with Gasteiger partial charge in [0.05, 0.1) is 12.0 Å². The quantitative estimate of drug-likeness (QED) is 0.570. The van der Waals surface area contributed by atoms with Crippen LogP contribution in [0.5, 0.6) is 0 Å². The lowest BCUT2D eigenvalue weighted by molar-refractivity contribution is -0.138. The highest BCUT2D eigenvalue weighted by Crippen LogP contribution is 2.39. The number of aliphatic imine (C=N–C) groups is 1. The number of amides is 1. The van der Waals surface area contributed by atoms with Gasteiger partial charge in [-0.25, -0.2) is 0 Å². The lowest BCUT2D eigenvalue weighted by Crippen LogP contribution is -2.49. The molecule has 1 aromatic carbocycles. The monoisotopic (exact) mass is 399 g/mol. The maximum absolute atomic E-state index is 12.8. The summed E-state index contributed by atoms with van der Waals surface area (Å²) in [4.78, 5) is 21.9. The topological polar surface area (TPSA) is 60.0 Å². The number of guanidine groups is 1. The fraction of sp³-hybridized carbons (Fsp3) is 0.652. The fourth-order valence-corrected chi connectivity index (χ4v) is 4.63. The zero-order valence-electron chi connectivity index (χ0n) is 18.3. The summed E-state index contributed by atoms with van der Waals surface area (Å²) in [5.74, 6) is 1.08. The van der Waals surface area contributed by atoms with E-state index < -0.39 is 0 Å². The zero-order chi connectivity index (χ0) is 20.7. The maximum atomic E-state index is 12.8. The Hall–Kier alpha value is -2.24. The number of rotatable bonds is 6. The van der Waals surface area contributed by atoms with E-state index in [-0.39, 0.29) is 11.3 Å². The van der Waals surface area contributed by atoms with Gasteiger partial charge in [-0.15, -0.1) is 0 Å². The molecule has 1 amide bonds. The van der Waals surface area contributed by atoms with Crippen LogP contribution in [0.25, 0.3) is 0 Å². The van der Waals surface area contributed by atoms with Gasteiger partial charge >= 0.3 is 0 Å². The molecular formula is C23H37N5O. The SMILES string of the molecule is CCNC(=NCC1(C(=O)N(C)C)CCCC1)NC1CCN(c2ccccc2)CC1. The zero-order valence-corrected chi connectivity index (χ0v) is 18.3. The Kier molecular flexibility index (Phi) is 7.40. The first-order chi connectivity index (χ1) is 14.0. The van der Waals surface area contributed by atoms with Crippen LogP contribution in [0.2, 0.25) is 0 Å². The minimum absolute atomic E-state index is 0.228. The van der Waals surface area contributed by atoms with Gasteiger partial charge in [-0.1, -0.05) is 31.0 Å². The van der Waals surface area contributed by atoms with Gasteiger partial charge in [0, 0.05) is 45.5 Å². The molecule has 1 saturated heterocycles. The summed E-state index contributed by atoms with van der Waals surface area (Å²) in [6, 6.07) is 11.0. The molecule has 0 atom stereocenters. The fourth-order valence-electron chi connectivity index (χ4n) is 4.63. The highest BCUT2D eigenvalue weighted by atomic mass is 16.2. The molecule has 1 heterocycles. The van der Waals surface area contributed by atoms with Crippen molar-refractivity contribution in [2.75, 3.05) is 45.2 Å². The average Bonchev–Trinajstić information content (AvgIpc) is 3.23. The Morgan fingerprint density at radius 2 is 1.83 bits per heavy atom. The molecule has 6 heteroatoms. The Morgan fingerprint density at radius 1 is 1.17 bits per heavy atom. The molecule has 2 N–H and O–H groups in total. The number of para-hydroxylation sites is 1. The number of benzene rings is 1. The van der Waals surface area contributed by atoms with Crippen molar-refractivity contribution < 1.29 is 4.79 Å². The van der Waals surface area contributed by atoms with Gasteiger partial charge in [0.2, 0.25) is 5.91 Å². The van der Waals surface area contributed by atoms with Crippen LogP contribution >= 0.6 is 0 Å². The van der Waals surface area contributed by atoms with Crippen LogP contribution in [-0.4, -0.2) is 63.1 Å². The van der Waals surface area contributed by atoms with E-state index in [1.807, 2.05) is 14.1 Å². The van der Waals surface area contributed by atoms with Crippen molar-refractivity contribution in [2.45, 2.75) is 51.5 Å². The van der Waals surface area contributed by atoms with E-state index in [0.29, 0.717) is 12.6 Å². The van der Waals surface area contributed by atoms with Gasteiger partial charge in [-0.3, -0.25) is 9.79 Å². The first-order valence-corrected chi connectivity index (χ1v) is 11.1. The maximum Gasteiger partial charge on any atom is 0.230 e. The van der Waals surface area contributed by atoms with Crippen molar-refractivity contribution in [3.8, 4) is 0 Å². The van der Waals surface area contributed by atoms with E-state index in [1.165, 1.54) is 5.69 Å². The molecule has 2 fully saturated rings. The summed E-state index contributed by atoms with van der Waals surface area (Å²) >= 11 is 0. The third-order valence-electron chi connectivity index (χ3n) is 6.26. The van der Waals surface area contributed by atoms with Crippen LogP contribution < -0.4 is 15.5 Å². The number of hydrogen-bond acceptors (Lipinski definition) is 3. The van der Waals surface area contributed by atoms with Crippen LogP contribution in [0.4, 0.5) is 5.69 Å². The van der Waals surface area contributed by atoms with Crippen molar-refractivity contribution in [1.82, 2.24) is 15.5 Å². The molecule has 1 aliphatic carbocycles. The van der Waals surface area contributed by atoms with E-state index in [9.17, 15) is 4.79 Å². The summed E-state index contributed by atoms with van der Waals surface area (Å²) in [5.41, 5.74) is 0.986. The van der Waals surface area contributed by atoms with Crippen LogP contribution in [-0.2, 0) is 4.79 Å². The number of anilines is 1. The lowest BCUT2D eigenvalue weighted by Gasteiger charge is -2.35. The third-order valence-corrected chi connectivity index (χ3v) is 6.26. The van der Waals surface area contributed by atoms with Gasteiger partial charge in [-0.2, -0.15) is 0 Å². The molecule has 1 aromatic rings. The smallest absolute Gasteiger partial charge is 0.230 e.